The summed E-state index contributed by atoms with van der Waals surface area (Å²) in [5, 5.41) is 6.97. The van der Waals surface area contributed by atoms with Gasteiger partial charge in [0.2, 0.25) is 0 Å². The third-order valence-corrected chi connectivity index (χ3v) is 4.30. The average Bonchev–Trinajstić information content (AvgIpc) is 2.82. The highest BCUT2D eigenvalue weighted by Crippen LogP contribution is 2.26. The van der Waals surface area contributed by atoms with E-state index in [-0.39, 0.29) is 0 Å². The van der Waals surface area contributed by atoms with Gasteiger partial charge in [-0.15, -0.1) is 11.3 Å². The maximum absolute atomic E-state index is 4.58. The molecule has 1 heterocycles. The molecule has 0 fully saturated rings. The van der Waals surface area contributed by atoms with Crippen molar-refractivity contribution in [1.82, 2.24) is 10.3 Å². The molecule has 2 rings (SSSR count). The molecule has 0 amide bonds. The van der Waals surface area contributed by atoms with Crippen molar-refractivity contribution in [3.63, 3.8) is 0 Å². The van der Waals surface area contributed by atoms with Gasteiger partial charge in [0.25, 0.3) is 0 Å². The van der Waals surface area contributed by atoms with Crippen LogP contribution in [0.25, 0.3) is 0 Å². The molecule has 2 aromatic rings. The summed E-state index contributed by atoms with van der Waals surface area (Å²) in [6.45, 7) is 7.51. The van der Waals surface area contributed by atoms with Crippen molar-refractivity contribution in [3.8, 4) is 0 Å². The lowest BCUT2D eigenvalue weighted by molar-refractivity contribution is 0.391. The van der Waals surface area contributed by atoms with E-state index < -0.39 is 0 Å². The first-order chi connectivity index (χ1) is 9.20. The molecule has 3 heteroatoms. The molecule has 2 unspecified atom stereocenters. The minimum Gasteiger partial charge on any atom is -0.310 e. The van der Waals surface area contributed by atoms with E-state index in [1.54, 1.807) is 11.3 Å². The lowest BCUT2D eigenvalue weighted by Crippen LogP contribution is -2.28. The van der Waals surface area contributed by atoms with Crippen LogP contribution in [0.3, 0.4) is 0 Å². The second kappa shape index (κ2) is 6.83. The molecule has 0 saturated heterocycles. The molecule has 19 heavy (non-hydrogen) atoms. The zero-order valence-electron chi connectivity index (χ0n) is 11.9. The first kappa shape index (κ1) is 14.2. The van der Waals surface area contributed by atoms with Gasteiger partial charge in [-0.1, -0.05) is 44.2 Å². The molecule has 0 spiro atoms. The molecule has 0 aliphatic rings. The summed E-state index contributed by atoms with van der Waals surface area (Å²) >= 11 is 1.77. The summed E-state index contributed by atoms with van der Waals surface area (Å²) in [6, 6.07) is 11.1. The molecular weight excluding hydrogens is 252 g/mol. The Morgan fingerprint density at radius 2 is 2.00 bits per heavy atom. The smallest absolute Gasteiger partial charge is 0.0931 e. The topological polar surface area (TPSA) is 24.9 Å². The molecule has 2 nitrogen and oxygen atoms in total. The zero-order chi connectivity index (χ0) is 13.7. The molecule has 1 N–H and O–H groups in total. The number of aryl methyl sites for hydroxylation is 1. The summed E-state index contributed by atoms with van der Waals surface area (Å²) in [7, 11) is 0. The Morgan fingerprint density at radius 3 is 2.58 bits per heavy atom. The van der Waals surface area contributed by atoms with Gasteiger partial charge in [-0.05, 0) is 24.9 Å². The average molecular weight is 274 g/mol. The minimum absolute atomic E-state index is 0.399. The third-order valence-electron chi connectivity index (χ3n) is 3.31. The Kier molecular flexibility index (Phi) is 5.11. The quantitative estimate of drug-likeness (QED) is 0.862. The molecule has 0 saturated carbocycles. The van der Waals surface area contributed by atoms with Crippen molar-refractivity contribution in [2.24, 2.45) is 5.92 Å². The summed E-state index contributed by atoms with van der Waals surface area (Å²) < 4.78 is 0. The van der Waals surface area contributed by atoms with Crippen LogP contribution in [0.1, 0.15) is 36.2 Å². The van der Waals surface area contributed by atoms with E-state index >= 15 is 0 Å². The monoisotopic (exact) mass is 274 g/mol. The van der Waals surface area contributed by atoms with E-state index in [2.05, 4.69) is 66.8 Å². The van der Waals surface area contributed by atoms with Gasteiger partial charge in [0.05, 0.1) is 5.01 Å². The standard InChI is InChI=1S/C16H22N2S/c1-4-17-16(14-8-6-5-7-9-14)12(2)10-15-18-13(3)11-19-15/h5-9,11-12,16-17H,4,10H2,1-3H3. The number of hydrogen-bond donors (Lipinski definition) is 1. The zero-order valence-corrected chi connectivity index (χ0v) is 12.7. The SMILES string of the molecule is CCNC(c1ccccc1)C(C)Cc1nc(C)cs1. The number of benzene rings is 1. The van der Waals surface area contributed by atoms with Gasteiger partial charge in [-0.2, -0.15) is 0 Å². The van der Waals surface area contributed by atoms with E-state index in [0.717, 1.165) is 18.7 Å². The molecule has 1 aromatic heterocycles. The fourth-order valence-corrected chi connectivity index (χ4v) is 3.33. The van der Waals surface area contributed by atoms with Crippen molar-refractivity contribution in [1.29, 1.82) is 0 Å². The number of nitrogens with zero attached hydrogens (tertiary/aromatic N) is 1. The highest BCUT2D eigenvalue weighted by molar-refractivity contribution is 7.09. The highest BCUT2D eigenvalue weighted by atomic mass is 32.1. The van der Waals surface area contributed by atoms with Crippen LogP contribution in [0.4, 0.5) is 0 Å². The first-order valence-electron chi connectivity index (χ1n) is 6.90. The van der Waals surface area contributed by atoms with Crippen molar-refractivity contribution < 1.29 is 0 Å². The highest BCUT2D eigenvalue weighted by Gasteiger charge is 2.19. The second-order valence-corrected chi connectivity index (χ2v) is 5.95. The largest absolute Gasteiger partial charge is 0.310 e. The third kappa shape index (κ3) is 3.88. The molecule has 2 atom stereocenters. The number of thiazole rings is 1. The Balaban J connectivity index is 2.10. The van der Waals surface area contributed by atoms with Crippen molar-refractivity contribution in [2.45, 2.75) is 33.2 Å². The van der Waals surface area contributed by atoms with Gasteiger partial charge < -0.3 is 5.32 Å². The molecule has 0 aliphatic heterocycles. The van der Waals surface area contributed by atoms with Crippen LogP contribution in [-0.2, 0) is 6.42 Å². The van der Waals surface area contributed by atoms with Gasteiger partial charge in [0.15, 0.2) is 0 Å². The number of aromatic nitrogens is 1. The van der Waals surface area contributed by atoms with Crippen LogP contribution in [0, 0.1) is 12.8 Å². The number of nitrogens with one attached hydrogen (secondary N) is 1. The van der Waals surface area contributed by atoms with Gasteiger partial charge in [-0.3, -0.25) is 0 Å². The predicted octanol–water partition coefficient (Wildman–Crippen LogP) is 3.98. The minimum atomic E-state index is 0.399. The van der Waals surface area contributed by atoms with Crippen LogP contribution in [0.15, 0.2) is 35.7 Å². The molecule has 102 valence electrons. The van der Waals surface area contributed by atoms with Crippen LogP contribution in [0.5, 0.6) is 0 Å². The lowest BCUT2D eigenvalue weighted by atomic mass is 9.92. The molecule has 0 radical (unpaired) electrons. The van der Waals surface area contributed by atoms with Crippen LogP contribution < -0.4 is 5.32 Å². The van der Waals surface area contributed by atoms with E-state index in [1.165, 1.54) is 10.6 Å². The molecule has 0 aliphatic carbocycles. The maximum Gasteiger partial charge on any atom is 0.0931 e. The Bertz CT molecular complexity index is 492. The Labute approximate surface area is 119 Å². The fraction of sp³-hybridized carbons (Fsp3) is 0.438. The summed E-state index contributed by atoms with van der Waals surface area (Å²) in [6.07, 6.45) is 1.03. The van der Waals surface area contributed by atoms with Crippen molar-refractivity contribution >= 4 is 11.3 Å². The molecule has 1 aromatic carbocycles. The maximum atomic E-state index is 4.58. The van der Waals surface area contributed by atoms with Gasteiger partial charge in [-0.25, -0.2) is 4.98 Å². The summed E-state index contributed by atoms with van der Waals surface area (Å²) in [5.74, 6) is 0.535. The van der Waals surface area contributed by atoms with E-state index in [4.69, 9.17) is 0 Å². The Morgan fingerprint density at radius 1 is 1.26 bits per heavy atom. The number of rotatable bonds is 6. The van der Waals surface area contributed by atoms with Gasteiger partial charge in [0.1, 0.15) is 0 Å². The molecule has 0 bridgehead atoms. The van der Waals surface area contributed by atoms with Crippen LogP contribution >= 0.6 is 11.3 Å². The first-order valence-corrected chi connectivity index (χ1v) is 7.78. The van der Waals surface area contributed by atoms with E-state index in [9.17, 15) is 0 Å². The normalized spacial score (nSPS) is 14.3. The van der Waals surface area contributed by atoms with Crippen LogP contribution in [-0.4, -0.2) is 11.5 Å². The van der Waals surface area contributed by atoms with Crippen molar-refractivity contribution in [3.05, 3.63) is 52.0 Å². The van der Waals surface area contributed by atoms with Crippen LogP contribution in [0.2, 0.25) is 0 Å². The lowest BCUT2D eigenvalue weighted by Gasteiger charge is -2.24. The van der Waals surface area contributed by atoms with Gasteiger partial charge >= 0.3 is 0 Å². The predicted molar refractivity (Wildman–Crippen MR) is 82.6 cm³/mol. The second-order valence-electron chi connectivity index (χ2n) is 5.01. The van der Waals surface area contributed by atoms with Crippen molar-refractivity contribution in [2.75, 3.05) is 6.54 Å². The fourth-order valence-electron chi connectivity index (χ4n) is 2.42. The Hall–Kier alpha value is -1.19. The van der Waals surface area contributed by atoms with Gasteiger partial charge in [0, 0.05) is 23.5 Å². The number of hydrogen-bond acceptors (Lipinski definition) is 3. The summed E-state index contributed by atoms with van der Waals surface area (Å²) in [5.41, 5.74) is 2.50. The summed E-state index contributed by atoms with van der Waals surface area (Å²) in [4.78, 5) is 4.58. The van der Waals surface area contributed by atoms with E-state index in [1.807, 2.05) is 0 Å². The van der Waals surface area contributed by atoms with E-state index in [0.29, 0.717) is 12.0 Å². The molecular formula is C16H22N2S.